The smallest absolute Gasteiger partial charge is 0.239 e. The number of halogens is 1. The van der Waals surface area contributed by atoms with Crippen LogP contribution in [0, 0.1) is 17.3 Å². The molecule has 1 rings (SSSR count). The van der Waals surface area contributed by atoms with Gasteiger partial charge in [0, 0.05) is 25.0 Å². The molecule has 6 heteroatoms. The number of piperidine rings is 1. The Labute approximate surface area is 147 Å². The molecule has 0 spiro atoms. The Morgan fingerprint density at radius 1 is 1.35 bits per heavy atom. The van der Waals surface area contributed by atoms with Gasteiger partial charge in [-0.05, 0) is 24.7 Å². The molecule has 0 aromatic heterocycles. The van der Waals surface area contributed by atoms with Crippen molar-refractivity contribution < 1.29 is 9.59 Å². The number of carbonyl (C=O) groups excluding carboxylic acids is 2. The molecule has 3 N–H and O–H groups in total. The second-order valence-corrected chi connectivity index (χ2v) is 7.66. The highest BCUT2D eigenvalue weighted by Crippen LogP contribution is 2.19. The van der Waals surface area contributed by atoms with Gasteiger partial charge in [0.05, 0.1) is 6.04 Å². The number of likely N-dealkylation sites (tertiary alicyclic amines) is 1. The molecule has 5 nitrogen and oxygen atoms in total. The van der Waals surface area contributed by atoms with E-state index in [9.17, 15) is 9.59 Å². The summed E-state index contributed by atoms with van der Waals surface area (Å²) in [6, 6.07) is -0.409. The van der Waals surface area contributed by atoms with Crippen LogP contribution in [0.4, 0.5) is 0 Å². The molecule has 136 valence electrons. The lowest BCUT2D eigenvalue weighted by Crippen LogP contribution is -2.51. The minimum Gasteiger partial charge on any atom is -0.355 e. The summed E-state index contributed by atoms with van der Waals surface area (Å²) in [4.78, 5) is 26.3. The van der Waals surface area contributed by atoms with E-state index in [1.165, 1.54) is 0 Å². The van der Waals surface area contributed by atoms with Gasteiger partial charge in [-0.15, -0.1) is 12.4 Å². The van der Waals surface area contributed by atoms with E-state index in [0.29, 0.717) is 19.0 Å². The van der Waals surface area contributed by atoms with Gasteiger partial charge in [0.1, 0.15) is 0 Å². The van der Waals surface area contributed by atoms with Crippen molar-refractivity contribution >= 4 is 24.2 Å². The maximum absolute atomic E-state index is 12.5. The van der Waals surface area contributed by atoms with Gasteiger partial charge in [-0.1, -0.05) is 41.0 Å². The van der Waals surface area contributed by atoms with E-state index < -0.39 is 6.04 Å². The Morgan fingerprint density at radius 2 is 1.96 bits per heavy atom. The van der Waals surface area contributed by atoms with Crippen molar-refractivity contribution in [3.63, 3.8) is 0 Å². The molecule has 2 amide bonds. The van der Waals surface area contributed by atoms with E-state index in [-0.39, 0.29) is 35.6 Å². The number of amides is 2. The van der Waals surface area contributed by atoms with Crippen LogP contribution < -0.4 is 11.1 Å². The molecule has 0 aromatic rings. The zero-order valence-electron chi connectivity index (χ0n) is 15.2. The van der Waals surface area contributed by atoms with E-state index in [4.69, 9.17) is 5.73 Å². The Morgan fingerprint density at radius 3 is 2.48 bits per heavy atom. The van der Waals surface area contributed by atoms with Crippen LogP contribution in [0.1, 0.15) is 53.9 Å². The summed E-state index contributed by atoms with van der Waals surface area (Å²) in [5.41, 5.74) is 5.69. The molecular weight excluding hydrogens is 314 g/mol. The number of nitrogens with one attached hydrogen (secondary N) is 1. The summed E-state index contributed by atoms with van der Waals surface area (Å²) >= 11 is 0. The topological polar surface area (TPSA) is 75.4 Å². The molecule has 0 bridgehead atoms. The van der Waals surface area contributed by atoms with Gasteiger partial charge in [-0.3, -0.25) is 9.59 Å². The fourth-order valence-electron chi connectivity index (χ4n) is 2.64. The summed E-state index contributed by atoms with van der Waals surface area (Å²) in [6.45, 7) is 11.9. The van der Waals surface area contributed by atoms with Crippen LogP contribution >= 0.6 is 12.4 Å². The largest absolute Gasteiger partial charge is 0.355 e. The van der Waals surface area contributed by atoms with Crippen LogP contribution in [0.2, 0.25) is 0 Å². The van der Waals surface area contributed by atoms with Crippen LogP contribution in [-0.2, 0) is 9.59 Å². The maximum Gasteiger partial charge on any atom is 0.239 e. The summed E-state index contributed by atoms with van der Waals surface area (Å²) in [7, 11) is 0. The zero-order chi connectivity index (χ0) is 16.9. The van der Waals surface area contributed by atoms with Crippen molar-refractivity contribution in [2.45, 2.75) is 59.9 Å². The fraction of sp³-hybridized carbons (Fsp3) is 0.882. The van der Waals surface area contributed by atoms with Crippen molar-refractivity contribution in [3.05, 3.63) is 0 Å². The molecule has 23 heavy (non-hydrogen) atoms. The molecule has 1 aliphatic heterocycles. The minimum absolute atomic E-state index is 0. The van der Waals surface area contributed by atoms with Gasteiger partial charge in [-0.2, -0.15) is 0 Å². The Bertz CT molecular complexity index is 396. The van der Waals surface area contributed by atoms with E-state index in [0.717, 1.165) is 25.8 Å². The second kappa shape index (κ2) is 9.48. The van der Waals surface area contributed by atoms with Crippen LogP contribution in [0.3, 0.4) is 0 Å². The maximum atomic E-state index is 12.5. The zero-order valence-corrected chi connectivity index (χ0v) is 16.0. The van der Waals surface area contributed by atoms with Crippen LogP contribution in [0.5, 0.6) is 0 Å². The van der Waals surface area contributed by atoms with Gasteiger partial charge in [0.2, 0.25) is 11.8 Å². The minimum atomic E-state index is -0.409. The lowest BCUT2D eigenvalue weighted by atomic mass is 9.93. The molecule has 0 radical (unpaired) electrons. The van der Waals surface area contributed by atoms with E-state index in [1.807, 2.05) is 32.6 Å². The summed E-state index contributed by atoms with van der Waals surface area (Å²) < 4.78 is 0. The Balaban J connectivity index is 0.00000484. The number of rotatable bonds is 5. The number of nitrogens with two attached hydrogens (primary N) is 1. The summed E-state index contributed by atoms with van der Waals surface area (Å²) in [5, 5.41) is 3.01. The van der Waals surface area contributed by atoms with Gasteiger partial charge < -0.3 is 16.0 Å². The summed E-state index contributed by atoms with van der Waals surface area (Å²) in [5.74, 6) is 0.648. The van der Waals surface area contributed by atoms with E-state index in [1.54, 1.807) is 0 Å². The normalized spacial score (nSPS) is 21.1. The highest BCUT2D eigenvalue weighted by Gasteiger charge is 2.30. The molecule has 3 atom stereocenters. The molecule has 1 fully saturated rings. The third kappa shape index (κ3) is 6.68. The van der Waals surface area contributed by atoms with Crippen molar-refractivity contribution in [2.24, 2.45) is 23.0 Å². The number of hydrogen-bond donors (Lipinski definition) is 2. The molecule has 0 aliphatic carbocycles. The van der Waals surface area contributed by atoms with Crippen LogP contribution in [0.15, 0.2) is 0 Å². The third-order valence-electron chi connectivity index (χ3n) is 4.61. The van der Waals surface area contributed by atoms with Gasteiger partial charge >= 0.3 is 0 Å². The predicted octanol–water partition coefficient (Wildman–Crippen LogP) is 2.18. The first-order valence-corrected chi connectivity index (χ1v) is 8.49. The monoisotopic (exact) mass is 347 g/mol. The van der Waals surface area contributed by atoms with Gasteiger partial charge in [0.15, 0.2) is 0 Å². The standard InChI is InChI=1S/C17H33N3O2.ClH/c1-6-12(2)14(18)15(21)20-9-7-8-13(11-20)10-19-16(22)17(3,4)5;/h12-14H,6-11,18H2,1-5H3,(H,19,22);1H. The Hall–Kier alpha value is -0.810. The molecule has 0 aromatic carbocycles. The highest BCUT2D eigenvalue weighted by molar-refractivity contribution is 5.85. The second-order valence-electron chi connectivity index (χ2n) is 7.66. The van der Waals surface area contributed by atoms with Crippen LogP contribution in [0.25, 0.3) is 0 Å². The van der Waals surface area contributed by atoms with Crippen molar-refractivity contribution in [1.29, 1.82) is 0 Å². The average Bonchev–Trinajstić information content (AvgIpc) is 2.49. The predicted molar refractivity (Wildman–Crippen MR) is 96.4 cm³/mol. The lowest BCUT2D eigenvalue weighted by Gasteiger charge is -2.35. The molecule has 1 aliphatic rings. The quantitative estimate of drug-likeness (QED) is 0.800. The SMILES string of the molecule is CCC(C)C(N)C(=O)N1CCCC(CNC(=O)C(C)(C)C)C1.Cl. The number of hydrogen-bond acceptors (Lipinski definition) is 3. The lowest BCUT2D eigenvalue weighted by molar-refractivity contribution is -0.135. The van der Waals surface area contributed by atoms with Gasteiger partial charge in [-0.25, -0.2) is 0 Å². The van der Waals surface area contributed by atoms with E-state index >= 15 is 0 Å². The number of nitrogens with zero attached hydrogens (tertiary/aromatic N) is 1. The molecular formula is C17H34ClN3O2. The fourth-order valence-corrected chi connectivity index (χ4v) is 2.64. The molecule has 0 saturated carbocycles. The molecule has 1 saturated heterocycles. The number of carbonyl (C=O) groups is 2. The van der Waals surface area contributed by atoms with Crippen molar-refractivity contribution in [3.8, 4) is 0 Å². The van der Waals surface area contributed by atoms with Crippen LogP contribution in [-0.4, -0.2) is 42.4 Å². The van der Waals surface area contributed by atoms with Crippen molar-refractivity contribution in [1.82, 2.24) is 10.2 Å². The third-order valence-corrected chi connectivity index (χ3v) is 4.61. The first-order valence-electron chi connectivity index (χ1n) is 8.49. The van der Waals surface area contributed by atoms with Crippen molar-refractivity contribution in [2.75, 3.05) is 19.6 Å². The van der Waals surface area contributed by atoms with E-state index in [2.05, 4.69) is 12.2 Å². The average molecular weight is 348 g/mol. The first kappa shape index (κ1) is 22.2. The summed E-state index contributed by atoms with van der Waals surface area (Å²) in [6.07, 6.45) is 2.94. The highest BCUT2D eigenvalue weighted by atomic mass is 35.5. The molecule has 3 unspecified atom stereocenters. The Kier molecular flexibility index (Phi) is 9.14. The molecule has 1 heterocycles. The first-order chi connectivity index (χ1) is 10.2. The van der Waals surface area contributed by atoms with Gasteiger partial charge in [0.25, 0.3) is 0 Å².